The minimum absolute atomic E-state index is 0.288. The van der Waals surface area contributed by atoms with Crippen molar-refractivity contribution in [2.45, 2.75) is 31.4 Å². The maximum atomic E-state index is 12.3. The number of ether oxygens (including phenoxy) is 1. The number of hydrogen-bond acceptors (Lipinski definition) is 3. The molecule has 1 atom stereocenters. The first kappa shape index (κ1) is 19.7. The number of hydrogen-bond donors (Lipinski definition) is 2. The molecule has 5 nitrogen and oxygen atoms in total. The molecule has 0 saturated carbocycles. The molecule has 1 unspecified atom stereocenters. The van der Waals surface area contributed by atoms with Crippen LogP contribution in [0.5, 0.6) is 0 Å². The lowest BCUT2D eigenvalue weighted by atomic mass is 9.91. The molecular weight excluding hydrogens is 389 g/mol. The third-order valence-electron chi connectivity index (χ3n) is 4.60. The summed E-state index contributed by atoms with van der Waals surface area (Å²) >= 11 is 11.9. The van der Waals surface area contributed by atoms with E-state index in [0.717, 1.165) is 17.5 Å². The summed E-state index contributed by atoms with van der Waals surface area (Å²) in [5, 5.41) is 13.1. The summed E-state index contributed by atoms with van der Waals surface area (Å²) in [7, 11) is 0. The Balaban J connectivity index is 1.67. The number of halogens is 2. The molecule has 0 spiro atoms. The van der Waals surface area contributed by atoms with Crippen molar-refractivity contribution in [2.75, 3.05) is 6.61 Å². The zero-order valence-electron chi connectivity index (χ0n) is 14.5. The molecule has 27 heavy (non-hydrogen) atoms. The van der Waals surface area contributed by atoms with E-state index in [4.69, 9.17) is 27.9 Å². The van der Waals surface area contributed by atoms with Crippen LogP contribution in [-0.2, 0) is 22.5 Å². The highest BCUT2D eigenvalue weighted by Crippen LogP contribution is 2.30. The van der Waals surface area contributed by atoms with Gasteiger partial charge in [0.2, 0.25) is 0 Å². The summed E-state index contributed by atoms with van der Waals surface area (Å²) < 4.78 is 5.53. The second-order valence-corrected chi connectivity index (χ2v) is 7.40. The average molecular weight is 408 g/mol. The Kier molecular flexibility index (Phi) is 6.05. The number of nitrogens with one attached hydrogen (secondary N) is 1. The zero-order valence-corrected chi connectivity index (χ0v) is 16.0. The van der Waals surface area contributed by atoms with Crippen LogP contribution in [0.3, 0.4) is 0 Å². The lowest BCUT2D eigenvalue weighted by molar-refractivity contribution is -0.159. The number of carbonyl (C=O) groups is 2. The third-order valence-corrected chi connectivity index (χ3v) is 5.15. The van der Waals surface area contributed by atoms with E-state index in [1.54, 1.807) is 12.1 Å². The second kappa shape index (κ2) is 8.30. The zero-order chi connectivity index (χ0) is 19.4. The SMILES string of the molecule is O=C(NCc1cccc(CC2(C(=O)O)CCCO2)c1)c1ccc(Cl)cc1Cl. The summed E-state index contributed by atoms with van der Waals surface area (Å²) in [5.41, 5.74) is 0.917. The number of carboxylic acid groups (broad SMARTS) is 1. The van der Waals surface area contributed by atoms with E-state index >= 15 is 0 Å². The van der Waals surface area contributed by atoms with E-state index in [1.165, 1.54) is 6.07 Å². The smallest absolute Gasteiger partial charge is 0.336 e. The van der Waals surface area contributed by atoms with Crippen molar-refractivity contribution in [1.29, 1.82) is 0 Å². The summed E-state index contributed by atoms with van der Waals surface area (Å²) in [4.78, 5) is 24.0. The van der Waals surface area contributed by atoms with Crippen LogP contribution in [0.2, 0.25) is 10.0 Å². The first-order valence-corrected chi connectivity index (χ1v) is 9.34. The average Bonchev–Trinajstić information content (AvgIpc) is 3.10. The highest BCUT2D eigenvalue weighted by Gasteiger charge is 2.42. The third kappa shape index (κ3) is 4.61. The van der Waals surface area contributed by atoms with Gasteiger partial charge in [-0.25, -0.2) is 4.79 Å². The molecule has 3 rings (SSSR count). The van der Waals surface area contributed by atoms with Crippen molar-refractivity contribution in [1.82, 2.24) is 5.32 Å². The number of rotatable bonds is 6. The van der Waals surface area contributed by atoms with Gasteiger partial charge in [0.1, 0.15) is 0 Å². The fourth-order valence-electron chi connectivity index (χ4n) is 3.21. The van der Waals surface area contributed by atoms with Crippen molar-refractivity contribution in [3.05, 3.63) is 69.2 Å². The Hall–Kier alpha value is -2.08. The maximum Gasteiger partial charge on any atom is 0.336 e. The first-order chi connectivity index (χ1) is 12.9. The molecule has 2 aromatic rings. The van der Waals surface area contributed by atoms with Crippen LogP contribution in [-0.4, -0.2) is 29.2 Å². The van der Waals surface area contributed by atoms with Gasteiger partial charge in [-0.2, -0.15) is 0 Å². The second-order valence-electron chi connectivity index (χ2n) is 6.56. The first-order valence-electron chi connectivity index (χ1n) is 8.58. The molecule has 0 bridgehead atoms. The monoisotopic (exact) mass is 407 g/mol. The Morgan fingerprint density at radius 1 is 1.15 bits per heavy atom. The molecule has 1 aliphatic rings. The van der Waals surface area contributed by atoms with Gasteiger partial charge in [0.15, 0.2) is 5.60 Å². The largest absolute Gasteiger partial charge is 0.479 e. The van der Waals surface area contributed by atoms with Gasteiger partial charge in [-0.3, -0.25) is 4.79 Å². The van der Waals surface area contributed by atoms with Gasteiger partial charge in [-0.05, 0) is 42.2 Å². The predicted molar refractivity (Wildman–Crippen MR) is 103 cm³/mol. The van der Waals surface area contributed by atoms with E-state index < -0.39 is 11.6 Å². The molecule has 1 fully saturated rings. The molecule has 2 aromatic carbocycles. The summed E-state index contributed by atoms with van der Waals surface area (Å²) in [5.74, 6) is -1.24. The number of benzene rings is 2. The van der Waals surface area contributed by atoms with Crippen molar-refractivity contribution in [3.8, 4) is 0 Å². The van der Waals surface area contributed by atoms with Crippen molar-refractivity contribution in [2.24, 2.45) is 0 Å². The van der Waals surface area contributed by atoms with E-state index in [9.17, 15) is 14.7 Å². The van der Waals surface area contributed by atoms with Crippen LogP contribution in [0.4, 0.5) is 0 Å². The molecule has 1 amide bonds. The number of aliphatic carboxylic acids is 1. The Labute approximate surface area is 167 Å². The highest BCUT2D eigenvalue weighted by molar-refractivity contribution is 6.36. The normalized spacial score (nSPS) is 19.0. The van der Waals surface area contributed by atoms with Crippen LogP contribution in [0, 0.1) is 0 Å². The van der Waals surface area contributed by atoms with Crippen molar-refractivity contribution >= 4 is 35.1 Å². The molecule has 2 N–H and O–H groups in total. The Bertz CT molecular complexity index is 863. The topological polar surface area (TPSA) is 75.6 Å². The Morgan fingerprint density at radius 3 is 2.59 bits per heavy atom. The highest BCUT2D eigenvalue weighted by atomic mass is 35.5. The van der Waals surface area contributed by atoms with Crippen molar-refractivity contribution < 1.29 is 19.4 Å². The summed E-state index contributed by atoms with van der Waals surface area (Å²) in [6.07, 6.45) is 1.54. The quantitative estimate of drug-likeness (QED) is 0.755. The standard InChI is InChI=1S/C20H19Cl2NO4/c21-15-5-6-16(17(22)10-15)18(24)23-12-14-4-1-3-13(9-14)11-20(19(25)26)7-2-8-27-20/h1,3-6,9-10H,2,7-8,11-12H2,(H,23,24)(H,25,26). The van der Waals surface area contributed by atoms with Crippen LogP contribution < -0.4 is 5.32 Å². The molecule has 1 heterocycles. The van der Waals surface area contributed by atoms with Crippen LogP contribution in [0.15, 0.2) is 42.5 Å². The fourth-order valence-corrected chi connectivity index (χ4v) is 3.71. The molecule has 142 valence electrons. The van der Waals surface area contributed by atoms with E-state index in [1.807, 2.05) is 24.3 Å². The van der Waals surface area contributed by atoms with Gasteiger partial charge in [0.05, 0.1) is 10.6 Å². The van der Waals surface area contributed by atoms with Gasteiger partial charge in [0.25, 0.3) is 5.91 Å². The van der Waals surface area contributed by atoms with Crippen molar-refractivity contribution in [3.63, 3.8) is 0 Å². The predicted octanol–water partition coefficient (Wildman–Crippen LogP) is 4.10. The van der Waals surface area contributed by atoms with Crippen LogP contribution >= 0.6 is 23.2 Å². The van der Waals surface area contributed by atoms with E-state index in [-0.39, 0.29) is 10.9 Å². The molecule has 0 radical (unpaired) electrons. The van der Waals surface area contributed by atoms with Crippen LogP contribution in [0.25, 0.3) is 0 Å². The molecule has 0 aromatic heterocycles. The number of carboxylic acids is 1. The van der Waals surface area contributed by atoms with Gasteiger partial charge >= 0.3 is 5.97 Å². The maximum absolute atomic E-state index is 12.3. The lowest BCUT2D eigenvalue weighted by Gasteiger charge is -2.23. The van der Waals surface area contributed by atoms with Gasteiger partial charge in [-0.15, -0.1) is 0 Å². The molecule has 7 heteroatoms. The molecular formula is C20H19Cl2NO4. The minimum atomic E-state index is -1.15. The molecule has 1 saturated heterocycles. The number of carbonyl (C=O) groups excluding carboxylic acids is 1. The van der Waals surface area contributed by atoms with E-state index in [0.29, 0.717) is 36.6 Å². The van der Waals surface area contributed by atoms with E-state index in [2.05, 4.69) is 5.32 Å². The Morgan fingerprint density at radius 2 is 1.93 bits per heavy atom. The molecule has 1 aliphatic heterocycles. The van der Waals surface area contributed by atoms with Gasteiger partial charge < -0.3 is 15.2 Å². The van der Waals surface area contributed by atoms with Crippen LogP contribution in [0.1, 0.15) is 34.3 Å². The lowest BCUT2D eigenvalue weighted by Crippen LogP contribution is -2.40. The fraction of sp³-hybridized carbons (Fsp3) is 0.300. The summed E-state index contributed by atoms with van der Waals surface area (Å²) in [6, 6.07) is 12.2. The number of amides is 1. The van der Waals surface area contributed by atoms with Gasteiger partial charge in [-0.1, -0.05) is 47.5 Å². The summed E-state index contributed by atoms with van der Waals surface area (Å²) in [6.45, 7) is 0.760. The van der Waals surface area contributed by atoms with Gasteiger partial charge in [0, 0.05) is 24.6 Å². The molecule has 0 aliphatic carbocycles. The minimum Gasteiger partial charge on any atom is -0.479 e.